The van der Waals surface area contributed by atoms with Gasteiger partial charge >= 0.3 is 0 Å². The summed E-state index contributed by atoms with van der Waals surface area (Å²) in [5, 5.41) is 11.9. The molecule has 2 atom stereocenters. The van der Waals surface area contributed by atoms with Gasteiger partial charge < -0.3 is 14.8 Å². The molecule has 2 amide bonds. The molecule has 1 saturated heterocycles. The molecule has 8 nitrogen and oxygen atoms in total. The van der Waals surface area contributed by atoms with Crippen LogP contribution in [-0.2, 0) is 22.4 Å². The summed E-state index contributed by atoms with van der Waals surface area (Å²) >= 11 is 0. The molecule has 0 radical (unpaired) electrons. The molecule has 2 aromatic carbocycles. The Morgan fingerprint density at radius 3 is 2.20 bits per heavy atom. The molecule has 3 aromatic rings. The summed E-state index contributed by atoms with van der Waals surface area (Å²) in [5.74, 6) is -0.314. The summed E-state index contributed by atoms with van der Waals surface area (Å²) in [6.45, 7) is 0. The first-order valence-corrected chi connectivity index (χ1v) is 9.69. The summed E-state index contributed by atoms with van der Waals surface area (Å²) in [7, 11) is 3.27. The van der Waals surface area contributed by atoms with E-state index in [-0.39, 0.29) is 23.9 Å². The maximum absolute atomic E-state index is 13.2. The summed E-state index contributed by atoms with van der Waals surface area (Å²) in [6, 6.07) is 13.1. The zero-order chi connectivity index (χ0) is 21.4. The lowest BCUT2D eigenvalue weighted by atomic mass is 9.95. The predicted molar refractivity (Wildman–Crippen MR) is 112 cm³/mol. The van der Waals surface area contributed by atoms with Gasteiger partial charge in [0.2, 0.25) is 11.8 Å². The molecular weight excluding hydrogens is 384 g/mol. The third-order valence-electron chi connectivity index (χ3n) is 5.85. The summed E-state index contributed by atoms with van der Waals surface area (Å²) in [6.07, 6.45) is 2.32. The zero-order valence-corrected chi connectivity index (χ0v) is 16.7. The molecule has 1 aliphatic heterocycles. The molecule has 8 heteroatoms. The maximum Gasteiger partial charge on any atom is 0.279 e. The van der Waals surface area contributed by atoms with Gasteiger partial charge in [0.25, 0.3) is 5.69 Å². The van der Waals surface area contributed by atoms with Crippen molar-refractivity contribution in [3.05, 3.63) is 76.0 Å². The van der Waals surface area contributed by atoms with Crippen molar-refractivity contribution in [2.24, 2.45) is 0 Å². The topological polar surface area (TPSA) is 99.5 Å². The van der Waals surface area contributed by atoms with Gasteiger partial charge in [-0.15, -0.1) is 0 Å². The molecule has 30 heavy (non-hydrogen) atoms. The number of aromatic amines is 1. The van der Waals surface area contributed by atoms with Crippen LogP contribution in [0.2, 0.25) is 0 Å². The van der Waals surface area contributed by atoms with E-state index in [1.807, 2.05) is 30.3 Å². The van der Waals surface area contributed by atoms with Crippen molar-refractivity contribution in [3.63, 3.8) is 0 Å². The lowest BCUT2D eigenvalue weighted by Gasteiger charge is -2.42. The number of aromatic nitrogens is 1. The van der Waals surface area contributed by atoms with E-state index in [0.717, 1.165) is 5.56 Å². The van der Waals surface area contributed by atoms with Crippen LogP contribution in [0.25, 0.3) is 10.9 Å². The van der Waals surface area contributed by atoms with Crippen LogP contribution in [0.4, 0.5) is 5.69 Å². The fraction of sp³-hybridized carbons (Fsp3) is 0.273. The van der Waals surface area contributed by atoms with Crippen LogP contribution in [0.5, 0.6) is 0 Å². The zero-order valence-electron chi connectivity index (χ0n) is 16.7. The van der Waals surface area contributed by atoms with Crippen LogP contribution >= 0.6 is 0 Å². The van der Waals surface area contributed by atoms with E-state index >= 15 is 0 Å². The Morgan fingerprint density at radius 1 is 0.933 bits per heavy atom. The first-order chi connectivity index (χ1) is 14.4. The predicted octanol–water partition coefficient (Wildman–Crippen LogP) is 2.53. The summed E-state index contributed by atoms with van der Waals surface area (Å²) < 4.78 is 0. The Labute approximate surface area is 173 Å². The molecule has 1 aliphatic rings. The largest absolute Gasteiger partial charge is 0.361 e. The molecule has 154 valence electrons. The van der Waals surface area contributed by atoms with Crippen molar-refractivity contribution in [3.8, 4) is 0 Å². The van der Waals surface area contributed by atoms with Gasteiger partial charge in [-0.25, -0.2) is 0 Å². The first-order valence-electron chi connectivity index (χ1n) is 9.69. The third kappa shape index (κ3) is 3.30. The van der Waals surface area contributed by atoms with Crippen molar-refractivity contribution in [1.29, 1.82) is 0 Å². The minimum atomic E-state index is -0.715. The number of benzene rings is 2. The van der Waals surface area contributed by atoms with Gasteiger partial charge in [0.1, 0.15) is 12.1 Å². The van der Waals surface area contributed by atoms with Gasteiger partial charge in [0.15, 0.2) is 0 Å². The lowest BCUT2D eigenvalue weighted by molar-refractivity contribution is -0.383. The number of H-pyrrole nitrogens is 1. The molecule has 4 rings (SSSR count). The molecule has 1 fully saturated rings. The molecule has 0 saturated carbocycles. The number of carbonyl (C=O) groups excluding carboxylic acids is 2. The van der Waals surface area contributed by atoms with Crippen molar-refractivity contribution in [2.45, 2.75) is 24.9 Å². The average Bonchev–Trinajstić information content (AvgIpc) is 3.16. The van der Waals surface area contributed by atoms with E-state index in [9.17, 15) is 19.7 Å². The molecule has 0 aliphatic carbocycles. The first kappa shape index (κ1) is 19.6. The van der Waals surface area contributed by atoms with Crippen LogP contribution in [0.1, 0.15) is 11.1 Å². The van der Waals surface area contributed by atoms with Crippen LogP contribution < -0.4 is 0 Å². The SMILES string of the molecule is CN1C(=O)[C@H](Cc2c[nH]c3cccc([N+](=O)[O-])c23)N(C)C(=O)C1Cc1ccccc1. The fourth-order valence-corrected chi connectivity index (χ4v) is 4.15. The van der Waals surface area contributed by atoms with E-state index in [1.54, 1.807) is 32.4 Å². The second-order valence-electron chi connectivity index (χ2n) is 7.59. The smallest absolute Gasteiger partial charge is 0.279 e. The highest BCUT2D eigenvalue weighted by molar-refractivity contribution is 5.98. The number of hydrogen-bond acceptors (Lipinski definition) is 4. The number of fused-ring (bicyclic) bond motifs is 1. The molecular formula is C22H22N4O4. The molecule has 1 N–H and O–H groups in total. The molecule has 1 aromatic heterocycles. The highest BCUT2D eigenvalue weighted by Crippen LogP contribution is 2.31. The van der Waals surface area contributed by atoms with Gasteiger partial charge in [-0.1, -0.05) is 36.4 Å². The van der Waals surface area contributed by atoms with E-state index in [0.29, 0.717) is 22.9 Å². The number of nitro benzene ring substituents is 1. The number of rotatable bonds is 5. The highest BCUT2D eigenvalue weighted by atomic mass is 16.6. The fourth-order valence-electron chi connectivity index (χ4n) is 4.15. The van der Waals surface area contributed by atoms with E-state index in [1.165, 1.54) is 15.9 Å². The van der Waals surface area contributed by atoms with Gasteiger partial charge in [-0.05, 0) is 17.2 Å². The number of nitrogens with one attached hydrogen (secondary N) is 1. The monoisotopic (exact) mass is 406 g/mol. The highest BCUT2D eigenvalue weighted by Gasteiger charge is 2.42. The second-order valence-corrected chi connectivity index (χ2v) is 7.59. The van der Waals surface area contributed by atoms with Gasteiger partial charge in [-0.3, -0.25) is 19.7 Å². The van der Waals surface area contributed by atoms with Crippen molar-refractivity contribution in [1.82, 2.24) is 14.8 Å². The molecule has 2 heterocycles. The number of carbonyl (C=O) groups is 2. The quantitative estimate of drug-likeness (QED) is 0.520. The van der Waals surface area contributed by atoms with Gasteiger partial charge in [0.05, 0.1) is 15.8 Å². The molecule has 0 bridgehead atoms. The standard InChI is InChI=1S/C22H22N4O4/c1-24-18(11-14-7-4-3-5-8-14)21(27)25(2)19(22(24)28)12-15-13-23-16-9-6-10-17(20(15)16)26(29)30/h3-10,13,18-19,23H,11-12H2,1-2H3/t18?,19-/m0/s1. The van der Waals surface area contributed by atoms with E-state index < -0.39 is 17.0 Å². The van der Waals surface area contributed by atoms with Crippen molar-refractivity contribution < 1.29 is 14.5 Å². The number of nitrogens with zero attached hydrogens (tertiary/aromatic N) is 3. The number of nitro groups is 1. The van der Waals surface area contributed by atoms with Crippen LogP contribution in [0.3, 0.4) is 0 Å². The summed E-state index contributed by atoms with van der Waals surface area (Å²) in [5.41, 5.74) is 2.24. The third-order valence-corrected chi connectivity index (χ3v) is 5.85. The number of non-ortho nitro benzene ring substituents is 1. The van der Waals surface area contributed by atoms with Crippen molar-refractivity contribution in [2.75, 3.05) is 14.1 Å². The maximum atomic E-state index is 13.2. The minimum Gasteiger partial charge on any atom is -0.361 e. The Bertz CT molecular complexity index is 1120. The second kappa shape index (κ2) is 7.62. The van der Waals surface area contributed by atoms with Crippen LogP contribution in [-0.4, -0.2) is 57.7 Å². The van der Waals surface area contributed by atoms with E-state index in [4.69, 9.17) is 0 Å². The molecule has 1 unspecified atom stereocenters. The Hall–Kier alpha value is -3.68. The van der Waals surface area contributed by atoms with Gasteiger partial charge in [-0.2, -0.15) is 0 Å². The average molecular weight is 406 g/mol. The Morgan fingerprint density at radius 2 is 1.57 bits per heavy atom. The normalized spacial score (nSPS) is 19.5. The number of piperazine rings is 1. The van der Waals surface area contributed by atoms with Crippen LogP contribution in [0, 0.1) is 10.1 Å². The van der Waals surface area contributed by atoms with Crippen molar-refractivity contribution >= 4 is 28.4 Å². The Kier molecular flexibility index (Phi) is 4.99. The minimum absolute atomic E-state index is 0.0173. The number of amides is 2. The number of likely N-dealkylation sites (N-methyl/N-ethyl adjacent to an activating group) is 2. The molecule has 0 spiro atoms. The number of hydrogen-bond donors (Lipinski definition) is 1. The Balaban J connectivity index is 1.62. The van der Waals surface area contributed by atoms with Crippen LogP contribution in [0.15, 0.2) is 54.7 Å². The summed E-state index contributed by atoms with van der Waals surface area (Å²) in [4.78, 5) is 43.3. The van der Waals surface area contributed by atoms with E-state index in [2.05, 4.69) is 4.98 Å². The van der Waals surface area contributed by atoms with Gasteiger partial charge in [0, 0.05) is 39.2 Å². The lowest BCUT2D eigenvalue weighted by Crippen LogP contribution is -2.63.